The molecule has 5 heterocycles. The number of ether oxygens (including phenoxy) is 2. The molecule has 1 saturated carbocycles. The van der Waals surface area contributed by atoms with Gasteiger partial charge in [0.25, 0.3) is 11.8 Å². The van der Waals surface area contributed by atoms with Gasteiger partial charge in [0.2, 0.25) is 17.8 Å². The highest BCUT2D eigenvalue weighted by atomic mass is 16.5. The highest BCUT2D eigenvalue weighted by Crippen LogP contribution is 2.37. The molecule has 3 aromatic carbocycles. The van der Waals surface area contributed by atoms with Crippen LogP contribution in [0, 0.1) is 5.41 Å². The number of carbonyl (C=O) groups excluding carboxylic acids is 4. The number of benzene rings is 3. The molecule has 1 unspecified atom stereocenters. The molecule has 282 valence electrons. The zero-order valence-electron chi connectivity index (χ0n) is 30.8. The molecule has 0 bridgehead atoms. The Balaban J connectivity index is 0.749. The Morgan fingerprint density at radius 2 is 1.56 bits per heavy atom. The van der Waals surface area contributed by atoms with Crippen LogP contribution in [0.25, 0.3) is 0 Å². The molecule has 1 atom stereocenters. The lowest BCUT2D eigenvalue weighted by molar-refractivity contribution is -0.136. The summed E-state index contributed by atoms with van der Waals surface area (Å²) in [5.41, 5.74) is 4.61. The van der Waals surface area contributed by atoms with Crippen molar-refractivity contribution in [3.8, 4) is 11.5 Å². The molecule has 5 aliphatic rings. The molecule has 4 aliphatic heterocycles. The van der Waals surface area contributed by atoms with Crippen LogP contribution >= 0.6 is 0 Å². The van der Waals surface area contributed by atoms with Gasteiger partial charge >= 0.3 is 0 Å². The Hall–Kier alpha value is -5.82. The standard InChI is InChI=1S/C42H43N7O6/c1-41(2,25-3-8-30(9-4-25)54-20-28-15-16-44-40(46-28)48-23-42(24-48)21-43-22-42)26-5-10-31(11-6-26)55-32-17-29(18-32)45-27-7-12-33-34(19-27)39(53)49(38(33)52)35-13-14-36(50)47-37(35)51/h3-12,15-16,19,29,32,35,43,45H,13-14,17-18,20-24H2,1-2H3,(H,47,50,51)/t29-,32-,35?. The van der Waals surface area contributed by atoms with E-state index < -0.39 is 29.7 Å². The third-order valence-corrected chi connectivity index (χ3v) is 11.8. The second-order valence-corrected chi connectivity index (χ2v) is 16.0. The molecule has 1 spiro atoms. The molecule has 4 fully saturated rings. The van der Waals surface area contributed by atoms with Crippen LogP contribution in [0.4, 0.5) is 11.6 Å². The SMILES string of the molecule is CC(C)(c1ccc(OCc2ccnc(N3CC4(CNC4)C3)n2)cc1)c1ccc(O[C@H]2C[C@H](Nc3ccc4c(c3)C(=O)N(C3CCC(=O)NC3=O)C4=O)C2)cc1. The zero-order valence-corrected chi connectivity index (χ0v) is 30.8. The second kappa shape index (κ2) is 13.5. The summed E-state index contributed by atoms with van der Waals surface area (Å²) in [6.07, 6.45) is 3.63. The monoisotopic (exact) mass is 741 g/mol. The van der Waals surface area contributed by atoms with Crippen molar-refractivity contribution in [2.45, 2.75) is 69.7 Å². The lowest BCUT2D eigenvalue weighted by atomic mass is 9.75. The second-order valence-electron chi connectivity index (χ2n) is 16.0. The molecule has 3 saturated heterocycles. The minimum absolute atomic E-state index is 0.0474. The summed E-state index contributed by atoms with van der Waals surface area (Å²) in [6.45, 7) is 8.95. The molecule has 13 nitrogen and oxygen atoms in total. The van der Waals surface area contributed by atoms with Gasteiger partial charge in [0, 0.05) is 74.2 Å². The smallest absolute Gasteiger partial charge is 0.262 e. The van der Waals surface area contributed by atoms with Gasteiger partial charge in [0.1, 0.15) is 30.3 Å². The fraction of sp³-hybridized carbons (Fsp3) is 0.381. The minimum Gasteiger partial charge on any atom is -0.490 e. The molecule has 13 heteroatoms. The lowest BCUT2D eigenvalue weighted by Gasteiger charge is -2.56. The van der Waals surface area contributed by atoms with Crippen LogP contribution in [0.3, 0.4) is 0 Å². The number of hydrogen-bond donors (Lipinski definition) is 3. The van der Waals surface area contributed by atoms with Crippen LogP contribution in [0.1, 0.15) is 77.1 Å². The van der Waals surface area contributed by atoms with Crippen molar-refractivity contribution in [2.24, 2.45) is 5.41 Å². The van der Waals surface area contributed by atoms with Crippen molar-refractivity contribution < 1.29 is 28.7 Å². The summed E-state index contributed by atoms with van der Waals surface area (Å²) in [7, 11) is 0. The van der Waals surface area contributed by atoms with E-state index in [-0.39, 0.29) is 41.5 Å². The summed E-state index contributed by atoms with van der Waals surface area (Å²) in [5.74, 6) is 0.322. The minimum atomic E-state index is -0.984. The normalized spacial score (nSPS) is 22.7. The third-order valence-electron chi connectivity index (χ3n) is 11.8. The Labute approximate surface area is 318 Å². The number of aromatic nitrogens is 2. The molecule has 55 heavy (non-hydrogen) atoms. The van der Waals surface area contributed by atoms with Crippen LogP contribution in [-0.4, -0.2) is 82.9 Å². The van der Waals surface area contributed by atoms with Crippen LogP contribution in [0.5, 0.6) is 11.5 Å². The summed E-state index contributed by atoms with van der Waals surface area (Å²) < 4.78 is 12.4. The first-order valence-corrected chi connectivity index (χ1v) is 18.9. The quantitative estimate of drug-likeness (QED) is 0.190. The number of nitrogens with zero attached hydrogens (tertiary/aromatic N) is 4. The maximum atomic E-state index is 13.2. The van der Waals surface area contributed by atoms with E-state index in [1.54, 1.807) is 18.2 Å². The van der Waals surface area contributed by atoms with Gasteiger partial charge in [-0.25, -0.2) is 9.97 Å². The first-order valence-electron chi connectivity index (χ1n) is 18.9. The number of rotatable bonds is 11. The first kappa shape index (κ1) is 34.9. The van der Waals surface area contributed by atoms with Gasteiger partial charge < -0.3 is 25.0 Å². The number of amides is 4. The van der Waals surface area contributed by atoms with Gasteiger partial charge in [-0.3, -0.25) is 29.4 Å². The Bertz CT molecular complexity index is 2170. The van der Waals surface area contributed by atoms with Crippen molar-refractivity contribution in [1.82, 2.24) is 25.5 Å². The van der Waals surface area contributed by atoms with Crippen molar-refractivity contribution in [1.29, 1.82) is 0 Å². The highest BCUT2D eigenvalue weighted by molar-refractivity contribution is 6.23. The highest BCUT2D eigenvalue weighted by Gasteiger charge is 2.48. The Morgan fingerprint density at radius 1 is 0.873 bits per heavy atom. The van der Waals surface area contributed by atoms with Gasteiger partial charge in [-0.05, 0) is 66.1 Å². The van der Waals surface area contributed by atoms with Crippen molar-refractivity contribution in [3.63, 3.8) is 0 Å². The Morgan fingerprint density at radius 3 is 2.24 bits per heavy atom. The molecule has 1 aliphatic carbocycles. The number of nitrogens with one attached hydrogen (secondary N) is 3. The predicted molar refractivity (Wildman–Crippen MR) is 203 cm³/mol. The van der Waals surface area contributed by atoms with Crippen molar-refractivity contribution >= 4 is 35.3 Å². The zero-order chi connectivity index (χ0) is 37.9. The number of hydrogen-bond acceptors (Lipinski definition) is 11. The molecule has 4 amide bonds. The van der Waals surface area contributed by atoms with E-state index in [0.29, 0.717) is 12.0 Å². The van der Waals surface area contributed by atoms with Crippen LogP contribution in [0.15, 0.2) is 79.0 Å². The van der Waals surface area contributed by atoms with Gasteiger partial charge in [-0.1, -0.05) is 38.1 Å². The van der Waals surface area contributed by atoms with Gasteiger partial charge in [0.05, 0.1) is 16.8 Å². The summed E-state index contributed by atoms with van der Waals surface area (Å²) in [6, 6.07) is 22.6. The molecule has 4 aromatic rings. The molecule has 3 N–H and O–H groups in total. The number of piperidine rings is 1. The van der Waals surface area contributed by atoms with Crippen molar-refractivity contribution in [3.05, 3.63) is 107 Å². The number of anilines is 2. The third kappa shape index (κ3) is 6.56. The Kier molecular flexibility index (Phi) is 8.56. The average Bonchev–Trinajstić information content (AvgIpc) is 3.37. The van der Waals surface area contributed by atoms with Crippen LogP contribution in [-0.2, 0) is 21.6 Å². The van der Waals surface area contributed by atoms with E-state index in [0.717, 1.165) is 72.7 Å². The van der Waals surface area contributed by atoms with Crippen LogP contribution in [0.2, 0.25) is 0 Å². The molecular weight excluding hydrogens is 699 g/mol. The van der Waals surface area contributed by atoms with E-state index >= 15 is 0 Å². The van der Waals surface area contributed by atoms with Gasteiger partial charge in [-0.15, -0.1) is 0 Å². The largest absolute Gasteiger partial charge is 0.490 e. The lowest BCUT2D eigenvalue weighted by Crippen LogP contribution is -2.71. The fourth-order valence-electron chi connectivity index (χ4n) is 8.23. The first-order chi connectivity index (χ1) is 26.5. The molecule has 1 aromatic heterocycles. The van der Waals surface area contributed by atoms with Gasteiger partial charge in [0.15, 0.2) is 0 Å². The summed E-state index contributed by atoms with van der Waals surface area (Å²) in [4.78, 5) is 62.6. The molecule has 9 rings (SSSR count). The maximum Gasteiger partial charge on any atom is 0.262 e. The number of imide groups is 2. The topological polar surface area (TPSA) is 155 Å². The van der Waals surface area contributed by atoms with E-state index in [4.69, 9.17) is 14.5 Å². The van der Waals surface area contributed by atoms with E-state index in [1.165, 1.54) is 11.1 Å². The fourth-order valence-corrected chi connectivity index (χ4v) is 8.23. The van der Waals surface area contributed by atoms with Gasteiger partial charge in [-0.2, -0.15) is 0 Å². The average molecular weight is 742 g/mol. The van der Waals surface area contributed by atoms with Crippen molar-refractivity contribution in [2.75, 3.05) is 36.4 Å². The molecule has 0 radical (unpaired) electrons. The molecular formula is C42H43N7O6. The predicted octanol–water partition coefficient (Wildman–Crippen LogP) is 4.21. The maximum absolute atomic E-state index is 13.2. The number of fused-ring (bicyclic) bond motifs is 1. The van der Waals surface area contributed by atoms with E-state index in [1.807, 2.05) is 36.5 Å². The number of carbonyl (C=O) groups is 4. The van der Waals surface area contributed by atoms with E-state index in [9.17, 15) is 19.2 Å². The van der Waals surface area contributed by atoms with Crippen LogP contribution < -0.4 is 30.3 Å². The summed E-state index contributed by atoms with van der Waals surface area (Å²) >= 11 is 0. The summed E-state index contributed by atoms with van der Waals surface area (Å²) in [5, 5.41) is 9.04. The van der Waals surface area contributed by atoms with E-state index in [2.05, 4.69) is 63.9 Å².